The summed E-state index contributed by atoms with van der Waals surface area (Å²) in [4.78, 5) is 29.2. The van der Waals surface area contributed by atoms with Crippen molar-refractivity contribution in [2.24, 2.45) is 0 Å². The maximum absolute atomic E-state index is 12.7. The van der Waals surface area contributed by atoms with Gasteiger partial charge in [0.2, 0.25) is 0 Å². The number of anilines is 1. The maximum atomic E-state index is 12.7. The average Bonchev–Trinajstić information content (AvgIpc) is 2.64. The summed E-state index contributed by atoms with van der Waals surface area (Å²) in [5, 5.41) is 2.89. The number of halogens is 1. The molecule has 0 saturated carbocycles. The molecule has 0 aromatic heterocycles. The van der Waals surface area contributed by atoms with Crippen LogP contribution in [0.1, 0.15) is 26.3 Å². The van der Waals surface area contributed by atoms with Crippen LogP contribution < -0.4 is 5.32 Å². The molecular formula is C20H22IN3O2. The van der Waals surface area contributed by atoms with Gasteiger partial charge in [0, 0.05) is 46.6 Å². The highest BCUT2D eigenvalue weighted by atomic mass is 127. The average molecular weight is 463 g/mol. The number of aryl methyl sites for hydroxylation is 1. The number of nitrogens with zero attached hydrogens (tertiary/aromatic N) is 2. The van der Waals surface area contributed by atoms with Gasteiger partial charge in [0.1, 0.15) is 0 Å². The summed E-state index contributed by atoms with van der Waals surface area (Å²) in [6.45, 7) is 5.24. The minimum Gasteiger partial charge on any atom is -0.336 e. The Balaban J connectivity index is 1.71. The first kappa shape index (κ1) is 18.8. The van der Waals surface area contributed by atoms with E-state index in [1.54, 1.807) is 24.3 Å². The predicted octanol–water partition coefficient (Wildman–Crippen LogP) is 3.24. The Morgan fingerprint density at radius 1 is 1.00 bits per heavy atom. The van der Waals surface area contributed by atoms with Gasteiger partial charge in [0.15, 0.2) is 0 Å². The van der Waals surface area contributed by atoms with E-state index in [0.717, 1.165) is 35.3 Å². The summed E-state index contributed by atoms with van der Waals surface area (Å²) in [5.41, 5.74) is 2.98. The van der Waals surface area contributed by atoms with Crippen LogP contribution in [0.25, 0.3) is 0 Å². The zero-order valence-corrected chi connectivity index (χ0v) is 17.1. The minimum atomic E-state index is -0.174. The van der Waals surface area contributed by atoms with E-state index in [9.17, 15) is 9.59 Å². The van der Waals surface area contributed by atoms with Gasteiger partial charge in [-0.05, 0) is 72.5 Å². The SMILES string of the molecule is Cc1ccc(C(=O)Nc2cccc(C(=O)N3CCN(C)CC3)c2)cc1I. The van der Waals surface area contributed by atoms with Crippen molar-refractivity contribution >= 4 is 40.1 Å². The monoisotopic (exact) mass is 463 g/mol. The molecule has 3 rings (SSSR count). The molecule has 1 N–H and O–H groups in total. The smallest absolute Gasteiger partial charge is 0.255 e. The number of hydrogen-bond donors (Lipinski definition) is 1. The van der Waals surface area contributed by atoms with E-state index in [4.69, 9.17) is 0 Å². The van der Waals surface area contributed by atoms with E-state index in [1.807, 2.05) is 30.0 Å². The van der Waals surface area contributed by atoms with Crippen LogP contribution in [0, 0.1) is 10.5 Å². The van der Waals surface area contributed by atoms with Crippen molar-refractivity contribution in [3.8, 4) is 0 Å². The van der Waals surface area contributed by atoms with Crippen molar-refractivity contribution in [3.05, 3.63) is 62.7 Å². The lowest BCUT2D eigenvalue weighted by molar-refractivity contribution is 0.0664. The molecule has 0 unspecified atom stereocenters. The van der Waals surface area contributed by atoms with E-state index in [2.05, 4.69) is 39.9 Å². The topological polar surface area (TPSA) is 52.7 Å². The Hall–Kier alpha value is -1.93. The van der Waals surface area contributed by atoms with Crippen LogP contribution in [-0.2, 0) is 0 Å². The molecule has 26 heavy (non-hydrogen) atoms. The van der Waals surface area contributed by atoms with Gasteiger partial charge in [-0.25, -0.2) is 0 Å². The molecule has 2 aromatic rings. The van der Waals surface area contributed by atoms with Crippen LogP contribution in [0.5, 0.6) is 0 Å². The number of amides is 2. The van der Waals surface area contributed by atoms with Crippen LogP contribution in [0.15, 0.2) is 42.5 Å². The fraction of sp³-hybridized carbons (Fsp3) is 0.300. The van der Waals surface area contributed by atoms with Crippen LogP contribution in [0.2, 0.25) is 0 Å². The lowest BCUT2D eigenvalue weighted by Gasteiger charge is -2.32. The first-order chi connectivity index (χ1) is 12.4. The zero-order valence-electron chi connectivity index (χ0n) is 15.0. The molecule has 0 bridgehead atoms. The Morgan fingerprint density at radius 2 is 1.73 bits per heavy atom. The number of benzene rings is 2. The number of carbonyl (C=O) groups is 2. The van der Waals surface area contributed by atoms with Crippen LogP contribution in [0.3, 0.4) is 0 Å². The Kier molecular flexibility index (Phi) is 5.93. The van der Waals surface area contributed by atoms with Gasteiger partial charge >= 0.3 is 0 Å². The largest absolute Gasteiger partial charge is 0.336 e. The molecular weight excluding hydrogens is 441 g/mol. The second-order valence-electron chi connectivity index (χ2n) is 6.59. The lowest BCUT2D eigenvalue weighted by atomic mass is 10.1. The van der Waals surface area contributed by atoms with Crippen molar-refractivity contribution in [2.45, 2.75) is 6.92 Å². The molecule has 1 aliphatic rings. The normalized spacial score (nSPS) is 15.0. The Bertz CT molecular complexity index is 830. The number of hydrogen-bond acceptors (Lipinski definition) is 3. The molecule has 5 nitrogen and oxygen atoms in total. The molecule has 6 heteroatoms. The van der Waals surface area contributed by atoms with Gasteiger partial charge in [-0.1, -0.05) is 12.1 Å². The van der Waals surface area contributed by atoms with Crippen molar-refractivity contribution in [2.75, 3.05) is 38.5 Å². The highest BCUT2D eigenvalue weighted by molar-refractivity contribution is 14.1. The van der Waals surface area contributed by atoms with Crippen LogP contribution >= 0.6 is 22.6 Å². The molecule has 0 aliphatic carbocycles. The van der Waals surface area contributed by atoms with E-state index < -0.39 is 0 Å². The van der Waals surface area contributed by atoms with Crippen molar-refractivity contribution in [1.29, 1.82) is 0 Å². The molecule has 136 valence electrons. The first-order valence-electron chi connectivity index (χ1n) is 8.59. The third-order valence-corrected chi connectivity index (χ3v) is 5.75. The zero-order chi connectivity index (χ0) is 18.7. The van der Waals surface area contributed by atoms with E-state index >= 15 is 0 Å². The van der Waals surface area contributed by atoms with Gasteiger partial charge in [0.05, 0.1) is 0 Å². The van der Waals surface area contributed by atoms with Crippen molar-refractivity contribution in [3.63, 3.8) is 0 Å². The second kappa shape index (κ2) is 8.18. The Labute approximate surface area is 167 Å². The van der Waals surface area contributed by atoms with Crippen LogP contribution in [0.4, 0.5) is 5.69 Å². The molecule has 1 heterocycles. The third kappa shape index (κ3) is 4.42. The molecule has 1 saturated heterocycles. The van der Waals surface area contributed by atoms with Crippen molar-refractivity contribution in [1.82, 2.24) is 9.80 Å². The fourth-order valence-electron chi connectivity index (χ4n) is 2.86. The molecule has 0 atom stereocenters. The maximum Gasteiger partial charge on any atom is 0.255 e. The van der Waals surface area contributed by atoms with E-state index in [-0.39, 0.29) is 11.8 Å². The van der Waals surface area contributed by atoms with Gasteiger partial charge in [-0.3, -0.25) is 9.59 Å². The highest BCUT2D eigenvalue weighted by Gasteiger charge is 2.20. The molecule has 2 aromatic carbocycles. The van der Waals surface area contributed by atoms with Gasteiger partial charge in [-0.15, -0.1) is 0 Å². The summed E-state index contributed by atoms with van der Waals surface area (Å²) in [5.74, 6) is -0.161. The molecule has 1 aliphatic heterocycles. The van der Waals surface area contributed by atoms with Gasteiger partial charge in [0.25, 0.3) is 11.8 Å². The summed E-state index contributed by atoms with van der Waals surface area (Å²) in [7, 11) is 2.06. The molecule has 0 spiro atoms. The third-order valence-electron chi connectivity index (χ3n) is 4.59. The number of piperazine rings is 1. The minimum absolute atomic E-state index is 0.0130. The van der Waals surface area contributed by atoms with E-state index in [0.29, 0.717) is 16.8 Å². The standard InChI is InChI=1S/C20H22IN3O2/c1-14-6-7-15(13-18(14)21)19(25)22-17-5-3-4-16(12-17)20(26)24-10-8-23(2)9-11-24/h3-7,12-13H,8-11H2,1-2H3,(H,22,25). The Morgan fingerprint density at radius 3 is 2.42 bits per heavy atom. The fourth-order valence-corrected chi connectivity index (χ4v) is 3.37. The number of likely N-dealkylation sites (N-methyl/N-ethyl adjacent to an activating group) is 1. The number of carbonyl (C=O) groups excluding carboxylic acids is 2. The van der Waals surface area contributed by atoms with Crippen LogP contribution in [-0.4, -0.2) is 54.8 Å². The first-order valence-corrected chi connectivity index (χ1v) is 9.67. The molecule has 1 fully saturated rings. The lowest BCUT2D eigenvalue weighted by Crippen LogP contribution is -2.47. The highest BCUT2D eigenvalue weighted by Crippen LogP contribution is 2.17. The second-order valence-corrected chi connectivity index (χ2v) is 7.76. The van der Waals surface area contributed by atoms with E-state index in [1.165, 1.54) is 0 Å². The molecule has 2 amide bonds. The van der Waals surface area contributed by atoms with Gasteiger partial charge in [-0.2, -0.15) is 0 Å². The quantitative estimate of drug-likeness (QED) is 0.712. The summed E-state index contributed by atoms with van der Waals surface area (Å²) >= 11 is 2.22. The summed E-state index contributed by atoms with van der Waals surface area (Å²) in [6.07, 6.45) is 0. The van der Waals surface area contributed by atoms with Gasteiger partial charge < -0.3 is 15.1 Å². The summed E-state index contributed by atoms with van der Waals surface area (Å²) in [6, 6.07) is 12.8. The molecule has 0 radical (unpaired) electrons. The number of rotatable bonds is 3. The predicted molar refractivity (Wildman–Crippen MR) is 112 cm³/mol. The number of nitrogens with one attached hydrogen (secondary N) is 1. The van der Waals surface area contributed by atoms with Crippen molar-refractivity contribution < 1.29 is 9.59 Å². The summed E-state index contributed by atoms with van der Waals surface area (Å²) < 4.78 is 1.05.